The Balaban J connectivity index is 1.95. The van der Waals surface area contributed by atoms with Crippen molar-refractivity contribution in [2.45, 2.75) is 19.4 Å². The van der Waals surface area contributed by atoms with E-state index in [1.54, 1.807) is 17.7 Å². The highest BCUT2D eigenvalue weighted by atomic mass is 32.1. The Labute approximate surface area is 92.8 Å². The normalized spacial score (nSPS) is 10.7. The minimum Gasteiger partial charge on any atom is -0.330 e. The molecule has 0 aliphatic heterocycles. The molecule has 0 radical (unpaired) electrons. The summed E-state index contributed by atoms with van der Waals surface area (Å²) < 4.78 is 2.08. The number of nitrogens with two attached hydrogens (primary N) is 1. The van der Waals surface area contributed by atoms with Crippen LogP contribution in [0.2, 0.25) is 0 Å². The van der Waals surface area contributed by atoms with Gasteiger partial charge in [-0.25, -0.2) is 0 Å². The monoisotopic (exact) mass is 222 g/mol. The number of aromatic nitrogens is 3. The van der Waals surface area contributed by atoms with Gasteiger partial charge in [-0.2, -0.15) is 0 Å². The predicted molar refractivity (Wildman–Crippen MR) is 60.8 cm³/mol. The Morgan fingerprint density at radius 3 is 3.07 bits per heavy atom. The Morgan fingerprint density at radius 1 is 1.40 bits per heavy atom. The Bertz CT molecular complexity index is 393. The van der Waals surface area contributed by atoms with E-state index in [-0.39, 0.29) is 0 Å². The Hall–Kier alpha value is -1.20. The van der Waals surface area contributed by atoms with Crippen molar-refractivity contribution >= 4 is 11.3 Å². The molecule has 80 valence electrons. The van der Waals surface area contributed by atoms with E-state index in [2.05, 4.69) is 32.3 Å². The number of aryl methyl sites for hydroxylation is 2. The van der Waals surface area contributed by atoms with Gasteiger partial charge < -0.3 is 10.3 Å². The third-order valence-corrected chi connectivity index (χ3v) is 3.18. The molecule has 0 aliphatic rings. The second kappa shape index (κ2) is 5.04. The highest BCUT2D eigenvalue weighted by Crippen LogP contribution is 2.10. The van der Waals surface area contributed by atoms with E-state index >= 15 is 0 Å². The lowest BCUT2D eigenvalue weighted by Crippen LogP contribution is -2.10. The number of rotatable bonds is 5. The first-order valence-electron chi connectivity index (χ1n) is 4.99. The minimum atomic E-state index is 0.623. The summed E-state index contributed by atoms with van der Waals surface area (Å²) in [6.07, 6.45) is 3.61. The number of thiophene rings is 1. The molecule has 0 aromatic carbocycles. The average Bonchev–Trinajstić information content (AvgIpc) is 2.85. The molecule has 5 heteroatoms. The van der Waals surface area contributed by atoms with Crippen molar-refractivity contribution in [3.63, 3.8) is 0 Å². The Kier molecular flexibility index (Phi) is 3.47. The molecule has 2 heterocycles. The number of hydrogen-bond acceptors (Lipinski definition) is 4. The van der Waals surface area contributed by atoms with Crippen LogP contribution >= 0.6 is 11.3 Å². The molecular weight excluding hydrogens is 208 g/mol. The van der Waals surface area contributed by atoms with E-state index < -0.39 is 0 Å². The summed E-state index contributed by atoms with van der Waals surface area (Å²) in [5.74, 6) is 0.981. The van der Waals surface area contributed by atoms with Gasteiger partial charge in [0.25, 0.3) is 0 Å². The van der Waals surface area contributed by atoms with Crippen LogP contribution in [0.1, 0.15) is 10.7 Å². The van der Waals surface area contributed by atoms with Crippen LogP contribution in [0, 0.1) is 0 Å². The van der Waals surface area contributed by atoms with E-state index in [0.717, 1.165) is 25.2 Å². The molecule has 0 atom stereocenters. The first kappa shape index (κ1) is 10.3. The molecule has 0 unspecified atom stereocenters. The average molecular weight is 222 g/mol. The van der Waals surface area contributed by atoms with Gasteiger partial charge in [-0.3, -0.25) is 0 Å². The fraction of sp³-hybridized carbons (Fsp3) is 0.400. The van der Waals surface area contributed by atoms with E-state index in [9.17, 15) is 0 Å². The van der Waals surface area contributed by atoms with Gasteiger partial charge >= 0.3 is 0 Å². The molecule has 15 heavy (non-hydrogen) atoms. The predicted octanol–water partition coefficient (Wildman–Crippen LogP) is 1.08. The second-order valence-electron chi connectivity index (χ2n) is 3.31. The van der Waals surface area contributed by atoms with Crippen molar-refractivity contribution in [1.29, 1.82) is 0 Å². The fourth-order valence-electron chi connectivity index (χ4n) is 1.47. The lowest BCUT2D eigenvalue weighted by molar-refractivity contribution is 0.652. The maximum Gasteiger partial charge on any atom is 0.134 e. The van der Waals surface area contributed by atoms with Crippen LogP contribution < -0.4 is 5.73 Å². The van der Waals surface area contributed by atoms with Crippen molar-refractivity contribution < 1.29 is 0 Å². The molecule has 0 bridgehead atoms. The molecule has 2 N–H and O–H groups in total. The van der Waals surface area contributed by atoms with Gasteiger partial charge in [-0.1, -0.05) is 6.07 Å². The lowest BCUT2D eigenvalue weighted by Gasteiger charge is -2.03. The molecule has 0 aliphatic carbocycles. The molecule has 0 spiro atoms. The van der Waals surface area contributed by atoms with E-state index in [0.29, 0.717) is 6.54 Å². The smallest absolute Gasteiger partial charge is 0.134 e. The zero-order chi connectivity index (χ0) is 10.5. The van der Waals surface area contributed by atoms with Crippen LogP contribution in [0.25, 0.3) is 0 Å². The summed E-state index contributed by atoms with van der Waals surface area (Å²) in [6, 6.07) is 4.23. The van der Waals surface area contributed by atoms with Crippen LogP contribution in [0.5, 0.6) is 0 Å². The van der Waals surface area contributed by atoms with Gasteiger partial charge in [0.05, 0.1) is 0 Å². The highest BCUT2D eigenvalue weighted by molar-refractivity contribution is 7.09. The van der Waals surface area contributed by atoms with Gasteiger partial charge in [0.15, 0.2) is 0 Å². The van der Waals surface area contributed by atoms with Crippen LogP contribution in [-0.2, 0) is 19.4 Å². The molecule has 0 fully saturated rings. The van der Waals surface area contributed by atoms with Gasteiger partial charge in [0.1, 0.15) is 12.2 Å². The minimum absolute atomic E-state index is 0.623. The Morgan fingerprint density at radius 2 is 2.33 bits per heavy atom. The standard InChI is InChI=1S/C10H14N4S/c11-5-3-10-13-12-8-14(10)6-4-9-2-1-7-15-9/h1-2,7-8H,3-6,11H2. The van der Waals surface area contributed by atoms with E-state index in [1.165, 1.54) is 4.88 Å². The topological polar surface area (TPSA) is 56.7 Å². The van der Waals surface area contributed by atoms with Gasteiger partial charge in [0.2, 0.25) is 0 Å². The van der Waals surface area contributed by atoms with Gasteiger partial charge in [-0.15, -0.1) is 21.5 Å². The first-order valence-corrected chi connectivity index (χ1v) is 5.87. The van der Waals surface area contributed by atoms with Crippen molar-refractivity contribution in [1.82, 2.24) is 14.8 Å². The first-order chi connectivity index (χ1) is 7.40. The molecule has 0 amide bonds. The largest absolute Gasteiger partial charge is 0.330 e. The van der Waals surface area contributed by atoms with Gasteiger partial charge in [-0.05, 0) is 24.4 Å². The van der Waals surface area contributed by atoms with Crippen LogP contribution in [0.4, 0.5) is 0 Å². The van der Waals surface area contributed by atoms with Crippen LogP contribution in [-0.4, -0.2) is 21.3 Å². The summed E-state index contributed by atoms with van der Waals surface area (Å²) in [4.78, 5) is 1.39. The quantitative estimate of drug-likeness (QED) is 0.823. The zero-order valence-electron chi connectivity index (χ0n) is 8.47. The van der Waals surface area contributed by atoms with Crippen LogP contribution in [0.3, 0.4) is 0 Å². The number of hydrogen-bond donors (Lipinski definition) is 1. The summed E-state index contributed by atoms with van der Waals surface area (Å²) >= 11 is 1.79. The number of nitrogens with zero attached hydrogens (tertiary/aromatic N) is 3. The maximum absolute atomic E-state index is 5.50. The molecule has 0 saturated carbocycles. The van der Waals surface area contributed by atoms with Crippen molar-refractivity contribution in [3.05, 3.63) is 34.5 Å². The summed E-state index contributed by atoms with van der Waals surface area (Å²) in [6.45, 7) is 1.56. The summed E-state index contributed by atoms with van der Waals surface area (Å²) in [7, 11) is 0. The third-order valence-electron chi connectivity index (χ3n) is 2.24. The summed E-state index contributed by atoms with van der Waals surface area (Å²) in [5.41, 5.74) is 5.50. The molecule has 2 rings (SSSR count). The summed E-state index contributed by atoms with van der Waals surface area (Å²) in [5, 5.41) is 10.0. The molecular formula is C10H14N4S. The van der Waals surface area contributed by atoms with Gasteiger partial charge in [0, 0.05) is 17.8 Å². The molecule has 2 aromatic heterocycles. The fourth-order valence-corrected chi connectivity index (χ4v) is 2.17. The third kappa shape index (κ3) is 2.64. The zero-order valence-corrected chi connectivity index (χ0v) is 9.28. The highest BCUT2D eigenvalue weighted by Gasteiger charge is 2.03. The SMILES string of the molecule is NCCc1nncn1CCc1cccs1. The van der Waals surface area contributed by atoms with Crippen molar-refractivity contribution in [2.75, 3.05) is 6.54 Å². The molecule has 0 saturated heterocycles. The molecule has 2 aromatic rings. The van der Waals surface area contributed by atoms with Crippen molar-refractivity contribution in [3.8, 4) is 0 Å². The van der Waals surface area contributed by atoms with Crippen LogP contribution in [0.15, 0.2) is 23.8 Å². The lowest BCUT2D eigenvalue weighted by atomic mass is 10.3. The van der Waals surface area contributed by atoms with Crippen molar-refractivity contribution in [2.24, 2.45) is 5.73 Å². The van der Waals surface area contributed by atoms with E-state index in [4.69, 9.17) is 5.73 Å². The van der Waals surface area contributed by atoms with E-state index in [1.807, 2.05) is 0 Å². The second-order valence-corrected chi connectivity index (χ2v) is 4.34. The molecule has 4 nitrogen and oxygen atoms in total. The maximum atomic E-state index is 5.50.